The number of ether oxygens (including phenoxy) is 5. The predicted molar refractivity (Wildman–Crippen MR) is 155 cm³/mol. The van der Waals surface area contributed by atoms with Crippen LogP contribution in [0.15, 0.2) is 34.2 Å². The van der Waals surface area contributed by atoms with Crippen molar-refractivity contribution in [1.29, 1.82) is 0 Å². The van der Waals surface area contributed by atoms with Gasteiger partial charge in [0.25, 0.3) is 0 Å². The van der Waals surface area contributed by atoms with Gasteiger partial charge in [-0.15, -0.1) is 0 Å². The van der Waals surface area contributed by atoms with Gasteiger partial charge in [0.1, 0.15) is 12.2 Å². The van der Waals surface area contributed by atoms with E-state index in [9.17, 15) is 14.4 Å². The van der Waals surface area contributed by atoms with E-state index in [1.54, 1.807) is 12.5 Å². The summed E-state index contributed by atoms with van der Waals surface area (Å²) in [4.78, 5) is 39.0. The van der Waals surface area contributed by atoms with E-state index in [1.165, 1.54) is 25.2 Å². The molecule has 4 fully saturated rings. The number of carbonyl (C=O) groups is 3. The van der Waals surface area contributed by atoms with Gasteiger partial charge in [0.15, 0.2) is 0 Å². The maximum atomic E-state index is 13.3. The van der Waals surface area contributed by atoms with Crippen LogP contribution >= 0.6 is 0 Å². The van der Waals surface area contributed by atoms with E-state index < -0.39 is 28.5 Å². The van der Waals surface area contributed by atoms with Gasteiger partial charge in [-0.05, 0) is 42.4 Å². The van der Waals surface area contributed by atoms with Crippen molar-refractivity contribution in [2.24, 2.45) is 34.0 Å². The number of methoxy groups -OCH3 is 1. The molecule has 0 amide bonds. The molecule has 2 saturated heterocycles. The molecule has 9 nitrogen and oxygen atoms in total. The van der Waals surface area contributed by atoms with Gasteiger partial charge in [0.05, 0.1) is 44.6 Å². The largest absolute Gasteiger partial charge is 0.472 e. The van der Waals surface area contributed by atoms with Crippen molar-refractivity contribution >= 4 is 17.9 Å². The number of hydrogen-bond donors (Lipinski definition) is 0. The maximum absolute atomic E-state index is 13.3. The Kier molecular flexibility index (Phi) is 7.40. The molecule has 2 saturated carbocycles. The van der Waals surface area contributed by atoms with Crippen molar-refractivity contribution in [3.63, 3.8) is 0 Å². The lowest BCUT2D eigenvalue weighted by Crippen LogP contribution is -2.71. The smallest absolute Gasteiger partial charge is 0.306 e. The summed E-state index contributed by atoms with van der Waals surface area (Å²) in [5.41, 5.74) is 1.68. The highest BCUT2D eigenvalue weighted by Crippen LogP contribution is 2.74. The van der Waals surface area contributed by atoms with Crippen molar-refractivity contribution in [3.05, 3.63) is 35.3 Å². The number of fused-ring (bicyclic) bond motifs is 4. The summed E-state index contributed by atoms with van der Waals surface area (Å²) in [5.74, 6) is -1.21. The van der Waals surface area contributed by atoms with Gasteiger partial charge >= 0.3 is 17.9 Å². The second kappa shape index (κ2) is 10.5. The second-order valence-corrected chi connectivity index (χ2v) is 14.6. The average molecular weight is 599 g/mol. The predicted octanol–water partition coefficient (Wildman–Crippen LogP) is 5.37. The zero-order valence-corrected chi connectivity index (χ0v) is 26.6. The van der Waals surface area contributed by atoms with Crippen LogP contribution in [0.2, 0.25) is 0 Å². The van der Waals surface area contributed by atoms with Gasteiger partial charge in [-0.2, -0.15) is 0 Å². The Balaban J connectivity index is 1.53. The summed E-state index contributed by atoms with van der Waals surface area (Å²) in [5, 5.41) is 0. The topological polar surface area (TPSA) is 111 Å². The Hall–Kier alpha value is -2.65. The van der Waals surface area contributed by atoms with E-state index in [1.807, 2.05) is 19.9 Å². The first-order chi connectivity index (χ1) is 20.3. The van der Waals surface area contributed by atoms with E-state index in [2.05, 4.69) is 27.7 Å². The lowest BCUT2D eigenvalue weighted by atomic mass is 9.40. The van der Waals surface area contributed by atoms with E-state index in [0.29, 0.717) is 13.0 Å². The number of furan rings is 1. The van der Waals surface area contributed by atoms with Crippen molar-refractivity contribution in [2.75, 3.05) is 13.7 Å². The molecule has 9 heteroatoms. The molecule has 236 valence electrons. The number of allylic oxidation sites excluding steroid dienone is 1. The molecule has 1 aromatic rings. The van der Waals surface area contributed by atoms with Gasteiger partial charge in [0.2, 0.25) is 0 Å². The first kappa shape index (κ1) is 30.4. The van der Waals surface area contributed by atoms with Crippen LogP contribution in [-0.4, -0.2) is 62.1 Å². The molecular formula is C34H46O9. The Morgan fingerprint density at radius 2 is 1.81 bits per heavy atom. The first-order valence-corrected chi connectivity index (χ1v) is 15.7. The average Bonchev–Trinajstić information content (AvgIpc) is 3.69. The summed E-state index contributed by atoms with van der Waals surface area (Å²) in [6, 6.07) is 2.01. The normalized spacial score (nSPS) is 42.8. The molecule has 0 aromatic carbocycles. The molecule has 0 N–H and O–H groups in total. The Morgan fingerprint density at radius 3 is 2.44 bits per heavy atom. The van der Waals surface area contributed by atoms with Crippen LogP contribution in [0.5, 0.6) is 0 Å². The molecule has 3 aliphatic carbocycles. The van der Waals surface area contributed by atoms with Crippen LogP contribution < -0.4 is 0 Å². The number of esters is 3. The van der Waals surface area contributed by atoms with Gasteiger partial charge in [0, 0.05) is 54.3 Å². The molecule has 6 rings (SSSR count). The lowest BCUT2D eigenvalue weighted by molar-refractivity contribution is -0.252. The Labute approximate surface area is 254 Å². The van der Waals surface area contributed by atoms with Crippen LogP contribution in [-0.2, 0) is 38.1 Å². The molecule has 3 heterocycles. The van der Waals surface area contributed by atoms with Crippen LogP contribution in [0.25, 0.3) is 0 Å². The quantitative estimate of drug-likeness (QED) is 0.232. The van der Waals surface area contributed by atoms with Crippen LogP contribution in [0.3, 0.4) is 0 Å². The monoisotopic (exact) mass is 598 g/mol. The SMILES string of the molecule is COC(=O)C[C@H]1[C@]2(C)C3=C(C)[C@H](c4ccoc4)C[C@H]3O[C@@H]2[C@@H]2OC[C@@]3(C)C2[C@]1(C)[C@@H](OC(=O)CC(C)C)C[C@H]3OC(C)=O. The van der Waals surface area contributed by atoms with Crippen molar-refractivity contribution in [1.82, 2.24) is 0 Å². The van der Waals surface area contributed by atoms with Gasteiger partial charge in [-0.25, -0.2) is 0 Å². The number of rotatable bonds is 7. The summed E-state index contributed by atoms with van der Waals surface area (Å²) < 4.78 is 36.9. The molecule has 1 unspecified atom stereocenters. The minimum Gasteiger partial charge on any atom is -0.472 e. The summed E-state index contributed by atoms with van der Waals surface area (Å²) in [6.45, 7) is 14.4. The zero-order chi connectivity index (χ0) is 31.1. The third-order valence-electron chi connectivity index (χ3n) is 11.8. The van der Waals surface area contributed by atoms with E-state index in [4.69, 9.17) is 28.1 Å². The standard InChI is InChI=1S/C34H46O9/c1-17(2)11-27(37)43-25-14-24(41-19(4)35)32(5)16-40-29-30(32)33(25,6)23(13-26(36)38-8)34(7)28-18(3)21(20-9-10-39-15-20)12-22(28)42-31(29)34/h9-10,15,17,21-25,29-31H,11-14,16H2,1-8H3/t21-,22-,23-,24-,25+,29-,30?,31-,32-,33+,34-/m1/s1. The zero-order valence-electron chi connectivity index (χ0n) is 26.6. The van der Waals surface area contributed by atoms with Crippen LogP contribution in [0.4, 0.5) is 0 Å². The second-order valence-electron chi connectivity index (χ2n) is 14.6. The minimum atomic E-state index is -0.710. The summed E-state index contributed by atoms with van der Waals surface area (Å²) in [7, 11) is 1.42. The summed E-state index contributed by atoms with van der Waals surface area (Å²) in [6.07, 6.45) is 3.10. The maximum Gasteiger partial charge on any atom is 0.306 e. The molecule has 0 spiro atoms. The number of carbonyl (C=O) groups excluding carboxylic acids is 3. The van der Waals surface area contributed by atoms with Crippen molar-refractivity contribution < 1.29 is 42.5 Å². The highest BCUT2D eigenvalue weighted by Gasteiger charge is 2.78. The number of hydrogen-bond acceptors (Lipinski definition) is 9. The molecule has 11 atom stereocenters. The summed E-state index contributed by atoms with van der Waals surface area (Å²) >= 11 is 0. The van der Waals surface area contributed by atoms with Gasteiger partial charge < -0.3 is 28.1 Å². The van der Waals surface area contributed by atoms with E-state index >= 15 is 0 Å². The minimum absolute atomic E-state index is 0.121. The molecule has 1 aromatic heterocycles. The van der Waals surface area contributed by atoms with Crippen LogP contribution in [0, 0.1) is 34.0 Å². The third-order valence-corrected chi connectivity index (χ3v) is 11.8. The molecule has 0 bridgehead atoms. The highest BCUT2D eigenvalue weighted by molar-refractivity contribution is 5.71. The van der Waals surface area contributed by atoms with Crippen LogP contribution in [0.1, 0.15) is 85.6 Å². The third kappa shape index (κ3) is 4.35. The Bertz CT molecular complexity index is 1310. The Morgan fingerprint density at radius 1 is 1.07 bits per heavy atom. The fraction of sp³-hybridized carbons (Fsp3) is 0.735. The first-order valence-electron chi connectivity index (χ1n) is 15.7. The molecule has 2 aliphatic heterocycles. The molecule has 5 aliphatic rings. The fourth-order valence-electron chi connectivity index (χ4n) is 10.2. The highest BCUT2D eigenvalue weighted by atomic mass is 16.6. The van der Waals surface area contributed by atoms with Gasteiger partial charge in [-0.1, -0.05) is 40.2 Å². The van der Waals surface area contributed by atoms with E-state index in [-0.39, 0.29) is 72.7 Å². The van der Waals surface area contributed by atoms with Crippen molar-refractivity contribution in [3.8, 4) is 0 Å². The van der Waals surface area contributed by atoms with Crippen molar-refractivity contribution in [2.45, 2.75) is 111 Å². The molecule has 0 radical (unpaired) electrons. The van der Waals surface area contributed by atoms with E-state index in [0.717, 1.165) is 12.0 Å². The molecular weight excluding hydrogens is 552 g/mol. The molecule has 43 heavy (non-hydrogen) atoms. The lowest BCUT2D eigenvalue weighted by Gasteiger charge is -2.65. The van der Waals surface area contributed by atoms with Gasteiger partial charge in [-0.3, -0.25) is 14.4 Å². The fourth-order valence-corrected chi connectivity index (χ4v) is 10.2.